The number of hydrogen-bond acceptors (Lipinski definition) is 4. The van der Waals surface area contributed by atoms with Gasteiger partial charge in [0.05, 0.1) is 18.8 Å². The molecule has 1 heterocycles. The number of nitrogens with two attached hydrogens (primary N) is 1. The maximum Gasteiger partial charge on any atom is 0.242 e. The molecule has 1 aromatic rings. The third-order valence-electron chi connectivity index (χ3n) is 3.00. The number of aliphatic hydroxyl groups is 1. The van der Waals surface area contributed by atoms with E-state index in [1.165, 1.54) is 6.07 Å². The summed E-state index contributed by atoms with van der Waals surface area (Å²) in [6.45, 7) is 1.44. The fourth-order valence-electron chi connectivity index (χ4n) is 2.05. The molecule has 2 rings (SSSR count). The van der Waals surface area contributed by atoms with Crippen molar-refractivity contribution in [3.05, 3.63) is 24.0 Å². The van der Waals surface area contributed by atoms with Gasteiger partial charge in [-0.1, -0.05) is 0 Å². The van der Waals surface area contributed by atoms with Crippen LogP contribution < -0.4 is 10.6 Å². The summed E-state index contributed by atoms with van der Waals surface area (Å²) < 4.78 is 13.7. The minimum absolute atomic E-state index is 0.0536. The average molecular weight is 253 g/mol. The van der Waals surface area contributed by atoms with Crippen LogP contribution in [0, 0.1) is 5.82 Å². The van der Waals surface area contributed by atoms with Crippen LogP contribution in [0.5, 0.6) is 0 Å². The summed E-state index contributed by atoms with van der Waals surface area (Å²) in [6, 6.07) is 4.45. The van der Waals surface area contributed by atoms with Gasteiger partial charge >= 0.3 is 0 Å². The Labute approximate surface area is 105 Å². The summed E-state index contributed by atoms with van der Waals surface area (Å²) >= 11 is 0. The molecule has 1 fully saturated rings. The van der Waals surface area contributed by atoms with Crippen LogP contribution in [0.3, 0.4) is 0 Å². The first-order valence-corrected chi connectivity index (χ1v) is 5.80. The van der Waals surface area contributed by atoms with Crippen LogP contribution in [0.1, 0.15) is 0 Å². The fraction of sp³-hybridized carbons (Fsp3) is 0.417. The molecule has 0 saturated carbocycles. The lowest BCUT2D eigenvalue weighted by Crippen LogP contribution is -2.51. The van der Waals surface area contributed by atoms with Crippen LogP contribution in [0.25, 0.3) is 0 Å². The van der Waals surface area contributed by atoms with Crippen LogP contribution in [0.2, 0.25) is 0 Å². The molecule has 1 saturated heterocycles. The molecule has 18 heavy (non-hydrogen) atoms. The molecule has 6 heteroatoms. The Bertz CT molecular complexity index is 453. The van der Waals surface area contributed by atoms with Crippen molar-refractivity contribution in [3.8, 4) is 0 Å². The average Bonchev–Trinajstić information content (AvgIpc) is 2.32. The van der Waals surface area contributed by atoms with Gasteiger partial charge in [0.25, 0.3) is 0 Å². The van der Waals surface area contributed by atoms with Crippen LogP contribution in [0.15, 0.2) is 18.2 Å². The van der Waals surface area contributed by atoms with E-state index < -0.39 is 5.82 Å². The van der Waals surface area contributed by atoms with Crippen LogP contribution in [0.4, 0.5) is 15.8 Å². The number of piperazine rings is 1. The van der Waals surface area contributed by atoms with Gasteiger partial charge in [0, 0.05) is 25.3 Å². The highest BCUT2D eigenvalue weighted by molar-refractivity contribution is 5.83. The van der Waals surface area contributed by atoms with Gasteiger partial charge in [0.2, 0.25) is 5.91 Å². The largest absolute Gasteiger partial charge is 0.399 e. The van der Waals surface area contributed by atoms with E-state index in [2.05, 4.69) is 0 Å². The van der Waals surface area contributed by atoms with Crippen LogP contribution in [-0.4, -0.2) is 48.7 Å². The van der Waals surface area contributed by atoms with Gasteiger partial charge in [-0.15, -0.1) is 0 Å². The van der Waals surface area contributed by atoms with Crippen molar-refractivity contribution in [3.63, 3.8) is 0 Å². The number of carbonyl (C=O) groups excluding carboxylic acids is 1. The molecule has 0 unspecified atom stereocenters. The Morgan fingerprint density at radius 2 is 2.17 bits per heavy atom. The SMILES string of the molecule is Nc1ccc(N2CCN(CCO)C(=O)C2)c(F)c1. The molecular weight excluding hydrogens is 237 g/mol. The predicted molar refractivity (Wildman–Crippen MR) is 66.7 cm³/mol. The van der Waals surface area contributed by atoms with E-state index in [1.54, 1.807) is 21.9 Å². The number of hydrogen-bond donors (Lipinski definition) is 2. The Morgan fingerprint density at radius 1 is 1.39 bits per heavy atom. The molecule has 98 valence electrons. The Morgan fingerprint density at radius 3 is 2.78 bits per heavy atom. The zero-order chi connectivity index (χ0) is 13.1. The van der Waals surface area contributed by atoms with Crippen molar-refractivity contribution in [2.75, 3.05) is 43.4 Å². The molecule has 0 aliphatic carbocycles. The van der Waals surface area contributed by atoms with Gasteiger partial charge in [-0.3, -0.25) is 4.79 Å². The molecule has 5 nitrogen and oxygen atoms in total. The minimum Gasteiger partial charge on any atom is -0.399 e. The molecule has 0 atom stereocenters. The highest BCUT2D eigenvalue weighted by atomic mass is 19.1. The number of β-amino-alcohol motifs (C(OH)–C–C–N with tert-alkyl or cyclic N) is 1. The van der Waals surface area contributed by atoms with Crippen molar-refractivity contribution in [2.24, 2.45) is 0 Å². The topological polar surface area (TPSA) is 69.8 Å². The number of nitrogens with zero attached hydrogens (tertiary/aromatic N) is 2. The van der Waals surface area contributed by atoms with E-state index in [4.69, 9.17) is 10.8 Å². The molecule has 1 aliphatic rings. The third-order valence-corrected chi connectivity index (χ3v) is 3.00. The number of aliphatic hydroxyl groups excluding tert-OH is 1. The lowest BCUT2D eigenvalue weighted by Gasteiger charge is -2.35. The number of halogens is 1. The first-order chi connectivity index (χ1) is 8.61. The highest BCUT2D eigenvalue weighted by Gasteiger charge is 2.25. The molecular formula is C12H16FN3O2. The zero-order valence-electron chi connectivity index (χ0n) is 9.97. The molecule has 0 bridgehead atoms. The van der Waals surface area contributed by atoms with E-state index >= 15 is 0 Å². The third kappa shape index (κ3) is 2.53. The monoisotopic (exact) mass is 253 g/mol. The molecule has 1 aliphatic heterocycles. The molecule has 1 amide bonds. The first-order valence-electron chi connectivity index (χ1n) is 5.80. The van der Waals surface area contributed by atoms with Gasteiger partial charge < -0.3 is 20.6 Å². The lowest BCUT2D eigenvalue weighted by molar-refractivity contribution is -0.131. The summed E-state index contributed by atoms with van der Waals surface area (Å²) in [5.41, 5.74) is 6.24. The molecule has 1 aromatic carbocycles. The van der Waals surface area contributed by atoms with Crippen LogP contribution >= 0.6 is 0 Å². The van der Waals surface area contributed by atoms with Crippen molar-refractivity contribution >= 4 is 17.3 Å². The van der Waals surface area contributed by atoms with E-state index in [1.807, 2.05) is 0 Å². The number of amides is 1. The van der Waals surface area contributed by atoms with E-state index in [0.717, 1.165) is 0 Å². The Hall–Kier alpha value is -1.82. The van der Waals surface area contributed by atoms with Crippen molar-refractivity contribution in [1.82, 2.24) is 4.90 Å². The summed E-state index contributed by atoms with van der Waals surface area (Å²) in [5, 5.41) is 8.81. The minimum atomic E-state index is -0.418. The maximum atomic E-state index is 13.7. The second-order valence-corrected chi connectivity index (χ2v) is 4.24. The van der Waals surface area contributed by atoms with Gasteiger partial charge in [0.15, 0.2) is 0 Å². The van der Waals surface area contributed by atoms with Gasteiger partial charge in [0.1, 0.15) is 5.82 Å². The van der Waals surface area contributed by atoms with E-state index in [-0.39, 0.29) is 19.1 Å². The quantitative estimate of drug-likeness (QED) is 0.747. The molecule has 0 radical (unpaired) electrons. The summed E-state index contributed by atoms with van der Waals surface area (Å²) in [5.74, 6) is -0.523. The van der Waals surface area contributed by atoms with E-state index in [9.17, 15) is 9.18 Å². The van der Waals surface area contributed by atoms with Gasteiger partial charge in [-0.05, 0) is 18.2 Å². The standard InChI is InChI=1S/C12H16FN3O2/c13-10-7-9(14)1-2-11(10)16-4-3-15(5-6-17)12(18)8-16/h1-2,7,17H,3-6,8,14H2. The summed E-state index contributed by atoms with van der Waals surface area (Å²) in [4.78, 5) is 15.0. The van der Waals surface area contributed by atoms with Crippen LogP contribution in [-0.2, 0) is 4.79 Å². The summed E-state index contributed by atoms with van der Waals surface area (Å²) in [6.07, 6.45) is 0. The van der Waals surface area contributed by atoms with Gasteiger partial charge in [-0.25, -0.2) is 4.39 Å². The number of carbonyl (C=O) groups is 1. The van der Waals surface area contributed by atoms with Crippen molar-refractivity contribution < 1.29 is 14.3 Å². The Kier molecular flexibility index (Phi) is 3.66. The molecule has 0 aromatic heterocycles. The second-order valence-electron chi connectivity index (χ2n) is 4.24. The maximum absolute atomic E-state index is 13.7. The number of rotatable bonds is 3. The number of nitrogen functional groups attached to an aromatic ring is 1. The number of anilines is 2. The van der Waals surface area contributed by atoms with Gasteiger partial charge in [-0.2, -0.15) is 0 Å². The van der Waals surface area contributed by atoms with E-state index in [0.29, 0.717) is 31.0 Å². The normalized spacial score (nSPS) is 16.2. The predicted octanol–water partition coefficient (Wildman–Crippen LogP) is 0.0488. The second kappa shape index (κ2) is 5.22. The van der Waals surface area contributed by atoms with Crippen molar-refractivity contribution in [2.45, 2.75) is 0 Å². The zero-order valence-corrected chi connectivity index (χ0v) is 9.97. The summed E-state index contributed by atoms with van der Waals surface area (Å²) in [7, 11) is 0. The first kappa shape index (κ1) is 12.6. The molecule has 0 spiro atoms. The van der Waals surface area contributed by atoms with Crippen molar-refractivity contribution in [1.29, 1.82) is 0 Å². The Balaban J connectivity index is 2.10. The molecule has 3 N–H and O–H groups in total. The highest BCUT2D eigenvalue weighted by Crippen LogP contribution is 2.22. The smallest absolute Gasteiger partial charge is 0.242 e. The number of benzene rings is 1. The lowest BCUT2D eigenvalue weighted by atomic mass is 10.2. The fourth-order valence-corrected chi connectivity index (χ4v) is 2.05.